The second-order valence-electron chi connectivity index (χ2n) is 8.54. The molecule has 1 heterocycles. The van der Waals surface area contributed by atoms with Crippen molar-refractivity contribution >= 4 is 22.4 Å². The number of fused-ring (bicyclic) bond motifs is 1. The maximum Gasteiger partial charge on any atom is 0.248 e. The Morgan fingerprint density at radius 3 is 2.48 bits per heavy atom. The summed E-state index contributed by atoms with van der Waals surface area (Å²) in [5.74, 6) is 0.776. The van der Waals surface area contributed by atoms with E-state index in [0.29, 0.717) is 11.5 Å². The summed E-state index contributed by atoms with van der Waals surface area (Å²) < 4.78 is 5.35. The molecule has 6 nitrogen and oxygen atoms in total. The van der Waals surface area contributed by atoms with Crippen molar-refractivity contribution in [3.05, 3.63) is 77.4 Å². The standard InChI is InChI=1S/C27H31N3O3/c1-32-25-12-11-21-16-23(10-9-22(21)17-25)26(29-33-2)24-4-3-14-30(18-24)15-13-19-5-7-20(8-6-19)27(28)31/h5-12,16-17,24H,3-4,13-15,18H2,1-2H3,(H2,28,31)/b29-26-. The highest BCUT2D eigenvalue weighted by atomic mass is 16.6. The Kier molecular flexibility index (Phi) is 7.25. The summed E-state index contributed by atoms with van der Waals surface area (Å²) in [7, 11) is 3.30. The van der Waals surface area contributed by atoms with Crippen LogP contribution in [0.4, 0.5) is 0 Å². The van der Waals surface area contributed by atoms with Gasteiger partial charge in [-0.15, -0.1) is 0 Å². The molecule has 0 radical (unpaired) electrons. The van der Waals surface area contributed by atoms with Crippen LogP contribution < -0.4 is 10.5 Å². The number of likely N-dealkylation sites (tertiary alicyclic amines) is 1. The summed E-state index contributed by atoms with van der Waals surface area (Å²) in [6.45, 7) is 2.99. The first kappa shape index (κ1) is 22.8. The fourth-order valence-corrected chi connectivity index (χ4v) is 4.58. The first-order valence-corrected chi connectivity index (χ1v) is 11.4. The molecule has 2 N–H and O–H groups in total. The van der Waals surface area contributed by atoms with Gasteiger partial charge in [0.2, 0.25) is 5.91 Å². The molecule has 1 saturated heterocycles. The maximum absolute atomic E-state index is 11.3. The summed E-state index contributed by atoms with van der Waals surface area (Å²) in [6.07, 6.45) is 3.14. The van der Waals surface area contributed by atoms with Gasteiger partial charge in [0, 0.05) is 30.1 Å². The van der Waals surface area contributed by atoms with Crippen LogP contribution in [-0.2, 0) is 11.3 Å². The Balaban J connectivity index is 1.46. The number of benzene rings is 3. The largest absolute Gasteiger partial charge is 0.497 e. The highest BCUT2D eigenvalue weighted by Crippen LogP contribution is 2.26. The molecule has 1 amide bonds. The number of carbonyl (C=O) groups is 1. The third-order valence-corrected chi connectivity index (χ3v) is 6.38. The quantitative estimate of drug-likeness (QED) is 0.415. The molecule has 33 heavy (non-hydrogen) atoms. The van der Waals surface area contributed by atoms with E-state index < -0.39 is 5.91 Å². The molecule has 1 fully saturated rings. The lowest BCUT2D eigenvalue weighted by molar-refractivity contribution is 0.100. The lowest BCUT2D eigenvalue weighted by Gasteiger charge is -2.33. The van der Waals surface area contributed by atoms with Gasteiger partial charge in [-0.3, -0.25) is 4.79 Å². The summed E-state index contributed by atoms with van der Waals surface area (Å²) in [4.78, 5) is 19.0. The molecule has 0 aromatic heterocycles. The average molecular weight is 446 g/mol. The number of hydrogen-bond donors (Lipinski definition) is 1. The van der Waals surface area contributed by atoms with Gasteiger partial charge in [-0.05, 0) is 72.5 Å². The smallest absolute Gasteiger partial charge is 0.248 e. The van der Waals surface area contributed by atoms with E-state index in [0.717, 1.165) is 66.7 Å². The normalized spacial score (nSPS) is 17.2. The van der Waals surface area contributed by atoms with Gasteiger partial charge in [-0.2, -0.15) is 0 Å². The first-order valence-electron chi connectivity index (χ1n) is 11.4. The zero-order valence-corrected chi connectivity index (χ0v) is 19.3. The number of ether oxygens (including phenoxy) is 1. The Morgan fingerprint density at radius 2 is 1.76 bits per heavy atom. The molecule has 172 valence electrons. The molecule has 1 unspecified atom stereocenters. The Morgan fingerprint density at radius 1 is 1.03 bits per heavy atom. The Hall–Kier alpha value is -3.38. The number of hydrogen-bond acceptors (Lipinski definition) is 5. The molecule has 1 aliphatic heterocycles. The van der Waals surface area contributed by atoms with Gasteiger partial charge < -0.3 is 20.2 Å². The second-order valence-corrected chi connectivity index (χ2v) is 8.54. The third-order valence-electron chi connectivity index (χ3n) is 6.38. The minimum Gasteiger partial charge on any atom is -0.497 e. The van der Waals surface area contributed by atoms with E-state index in [4.69, 9.17) is 15.3 Å². The number of oxime groups is 1. The van der Waals surface area contributed by atoms with Crippen molar-refractivity contribution in [3.63, 3.8) is 0 Å². The zero-order chi connectivity index (χ0) is 23.2. The minimum atomic E-state index is -0.391. The number of amides is 1. The molecule has 0 aliphatic carbocycles. The first-order chi connectivity index (χ1) is 16.1. The van der Waals surface area contributed by atoms with Crippen LogP contribution in [0.15, 0.2) is 65.8 Å². The third kappa shape index (κ3) is 5.52. The summed E-state index contributed by atoms with van der Waals surface area (Å²) in [5, 5.41) is 6.76. The van der Waals surface area contributed by atoms with E-state index in [9.17, 15) is 4.79 Å². The minimum absolute atomic E-state index is 0.312. The van der Waals surface area contributed by atoms with Crippen molar-refractivity contribution in [1.29, 1.82) is 0 Å². The summed E-state index contributed by atoms with van der Waals surface area (Å²) in [5.41, 5.74) is 9.20. The van der Waals surface area contributed by atoms with Crippen molar-refractivity contribution in [1.82, 2.24) is 4.90 Å². The molecule has 1 aliphatic rings. The van der Waals surface area contributed by atoms with E-state index in [2.05, 4.69) is 34.3 Å². The molecule has 4 rings (SSSR count). The molecule has 3 aromatic rings. The maximum atomic E-state index is 11.3. The van der Waals surface area contributed by atoms with Gasteiger partial charge in [-0.1, -0.05) is 35.5 Å². The monoisotopic (exact) mass is 445 g/mol. The van der Waals surface area contributed by atoms with Crippen LogP contribution >= 0.6 is 0 Å². The predicted molar refractivity (Wildman–Crippen MR) is 132 cm³/mol. The summed E-state index contributed by atoms with van der Waals surface area (Å²) in [6, 6.07) is 20.1. The molecule has 0 bridgehead atoms. The number of nitrogens with zero attached hydrogens (tertiary/aromatic N) is 2. The number of methoxy groups -OCH3 is 1. The zero-order valence-electron chi connectivity index (χ0n) is 19.3. The van der Waals surface area contributed by atoms with E-state index in [1.165, 1.54) is 5.56 Å². The van der Waals surface area contributed by atoms with Gasteiger partial charge >= 0.3 is 0 Å². The Labute approximate surface area is 195 Å². The second kappa shape index (κ2) is 10.5. The molecular formula is C27H31N3O3. The van der Waals surface area contributed by atoms with Gasteiger partial charge in [-0.25, -0.2) is 0 Å². The van der Waals surface area contributed by atoms with Crippen LogP contribution in [0.3, 0.4) is 0 Å². The summed E-state index contributed by atoms with van der Waals surface area (Å²) >= 11 is 0. The molecule has 1 atom stereocenters. The number of primary amides is 1. The lowest BCUT2D eigenvalue weighted by atomic mass is 9.88. The van der Waals surface area contributed by atoms with E-state index in [1.807, 2.05) is 24.3 Å². The molecule has 0 saturated carbocycles. The lowest BCUT2D eigenvalue weighted by Crippen LogP contribution is -2.40. The molecular weight excluding hydrogens is 414 g/mol. The SMILES string of the molecule is CO/N=C(/c1ccc2cc(OC)ccc2c1)C1CCCN(CCc2ccc(C(N)=O)cc2)C1. The highest BCUT2D eigenvalue weighted by Gasteiger charge is 2.26. The fourth-order valence-electron chi connectivity index (χ4n) is 4.58. The van der Waals surface area contributed by atoms with Crippen molar-refractivity contribution in [2.45, 2.75) is 19.3 Å². The topological polar surface area (TPSA) is 77.2 Å². The van der Waals surface area contributed by atoms with Gasteiger partial charge in [0.25, 0.3) is 0 Å². The van der Waals surface area contributed by atoms with Crippen LogP contribution in [0, 0.1) is 5.92 Å². The Bertz CT molecular complexity index is 1140. The fraction of sp³-hybridized carbons (Fsp3) is 0.333. The van der Waals surface area contributed by atoms with Crippen molar-refractivity contribution in [3.8, 4) is 5.75 Å². The van der Waals surface area contributed by atoms with Crippen LogP contribution in [0.5, 0.6) is 5.75 Å². The highest BCUT2D eigenvalue weighted by molar-refractivity contribution is 6.05. The van der Waals surface area contributed by atoms with Gasteiger partial charge in [0.1, 0.15) is 12.9 Å². The predicted octanol–water partition coefficient (Wildman–Crippen LogP) is 4.25. The van der Waals surface area contributed by atoms with Crippen LogP contribution in [-0.4, -0.2) is 50.4 Å². The van der Waals surface area contributed by atoms with Crippen LogP contribution in [0.1, 0.15) is 34.3 Å². The van der Waals surface area contributed by atoms with Crippen LogP contribution in [0.2, 0.25) is 0 Å². The van der Waals surface area contributed by atoms with E-state index in [1.54, 1.807) is 26.4 Å². The number of rotatable bonds is 8. The molecule has 6 heteroatoms. The van der Waals surface area contributed by atoms with Gasteiger partial charge in [0.05, 0.1) is 12.8 Å². The van der Waals surface area contributed by atoms with Crippen molar-refractivity contribution in [2.75, 3.05) is 33.9 Å². The molecule has 0 spiro atoms. The van der Waals surface area contributed by atoms with Crippen LogP contribution in [0.25, 0.3) is 10.8 Å². The average Bonchev–Trinajstić information content (AvgIpc) is 2.85. The van der Waals surface area contributed by atoms with E-state index >= 15 is 0 Å². The number of carbonyl (C=O) groups excluding carboxylic acids is 1. The van der Waals surface area contributed by atoms with E-state index in [-0.39, 0.29) is 0 Å². The van der Waals surface area contributed by atoms with Gasteiger partial charge in [0.15, 0.2) is 0 Å². The molecule has 3 aromatic carbocycles. The number of piperidine rings is 1. The van der Waals surface area contributed by atoms with Crippen molar-refractivity contribution in [2.24, 2.45) is 16.8 Å². The van der Waals surface area contributed by atoms with Crippen molar-refractivity contribution < 1.29 is 14.4 Å². The number of nitrogens with two attached hydrogens (primary N) is 1.